The number of amides is 4. The molecule has 1 atom stereocenters. The highest BCUT2D eigenvalue weighted by atomic mass is 16.2. The summed E-state index contributed by atoms with van der Waals surface area (Å²) in [5.74, 6) is -0.353. The van der Waals surface area contributed by atoms with Crippen molar-refractivity contribution in [1.82, 2.24) is 30.0 Å². The van der Waals surface area contributed by atoms with Gasteiger partial charge in [0, 0.05) is 38.5 Å². The molecule has 1 aromatic heterocycles. The van der Waals surface area contributed by atoms with Crippen molar-refractivity contribution in [3.8, 4) is 0 Å². The first-order valence-electron chi connectivity index (χ1n) is 12.7. The van der Waals surface area contributed by atoms with Crippen LogP contribution in [0.2, 0.25) is 0 Å². The monoisotopic (exact) mass is 490 g/mol. The van der Waals surface area contributed by atoms with Crippen LogP contribution in [-0.2, 0) is 29.2 Å². The molecule has 0 saturated carbocycles. The van der Waals surface area contributed by atoms with Gasteiger partial charge in [0.15, 0.2) is 0 Å². The van der Waals surface area contributed by atoms with Crippen molar-refractivity contribution >= 4 is 23.6 Å². The van der Waals surface area contributed by atoms with Gasteiger partial charge in [-0.1, -0.05) is 12.1 Å². The summed E-state index contributed by atoms with van der Waals surface area (Å²) in [7, 11) is 0. The predicted octanol–water partition coefficient (Wildman–Crippen LogP) is 1.08. The molecule has 4 aliphatic heterocycles. The van der Waals surface area contributed by atoms with E-state index in [1.807, 2.05) is 6.07 Å². The number of imidazole rings is 1. The summed E-state index contributed by atoms with van der Waals surface area (Å²) in [6.07, 6.45) is 2.26. The number of carbonyl (C=O) groups is 4. The Morgan fingerprint density at radius 2 is 1.83 bits per heavy atom. The van der Waals surface area contributed by atoms with E-state index in [1.165, 1.54) is 11.4 Å². The SMILES string of the molecule is Cc1nc(C2CCN(Cc3cccc4c3C(=O)N(C3CCC(=O)NC3=O)C4=O)CC2)c2n1CCNC2. The quantitative estimate of drug-likeness (QED) is 0.616. The van der Waals surface area contributed by atoms with Crippen molar-refractivity contribution in [3.63, 3.8) is 0 Å². The fourth-order valence-corrected chi connectivity index (χ4v) is 6.16. The molecule has 1 aromatic carbocycles. The molecule has 10 heteroatoms. The van der Waals surface area contributed by atoms with E-state index in [-0.39, 0.29) is 18.7 Å². The zero-order valence-electron chi connectivity index (χ0n) is 20.4. The van der Waals surface area contributed by atoms with Crippen molar-refractivity contribution in [1.29, 1.82) is 0 Å². The highest BCUT2D eigenvalue weighted by Gasteiger charge is 2.45. The predicted molar refractivity (Wildman–Crippen MR) is 129 cm³/mol. The summed E-state index contributed by atoms with van der Waals surface area (Å²) in [5, 5.41) is 5.71. The first kappa shape index (κ1) is 23.1. The molecule has 36 heavy (non-hydrogen) atoms. The van der Waals surface area contributed by atoms with Gasteiger partial charge >= 0.3 is 0 Å². The molecule has 4 amide bonds. The number of likely N-dealkylation sites (tertiary alicyclic amines) is 1. The van der Waals surface area contributed by atoms with Gasteiger partial charge in [-0.2, -0.15) is 0 Å². The molecule has 0 radical (unpaired) electrons. The van der Waals surface area contributed by atoms with E-state index in [4.69, 9.17) is 4.98 Å². The zero-order chi connectivity index (χ0) is 25.0. The van der Waals surface area contributed by atoms with Gasteiger partial charge in [-0.15, -0.1) is 0 Å². The van der Waals surface area contributed by atoms with Gasteiger partial charge in [0.05, 0.1) is 22.5 Å². The summed E-state index contributed by atoms with van der Waals surface area (Å²) >= 11 is 0. The number of benzene rings is 1. The Kier molecular flexibility index (Phi) is 5.72. The highest BCUT2D eigenvalue weighted by Crippen LogP contribution is 2.34. The van der Waals surface area contributed by atoms with Gasteiger partial charge in [0.1, 0.15) is 11.9 Å². The number of aromatic nitrogens is 2. The smallest absolute Gasteiger partial charge is 0.262 e. The Morgan fingerprint density at radius 3 is 2.61 bits per heavy atom. The van der Waals surface area contributed by atoms with E-state index in [2.05, 4.69) is 27.0 Å². The Bertz CT molecular complexity index is 1280. The van der Waals surface area contributed by atoms with Crippen molar-refractivity contribution in [2.75, 3.05) is 19.6 Å². The van der Waals surface area contributed by atoms with Crippen LogP contribution in [0.4, 0.5) is 0 Å². The maximum atomic E-state index is 13.4. The summed E-state index contributed by atoms with van der Waals surface area (Å²) in [6.45, 7) is 7.23. The molecule has 5 heterocycles. The molecular formula is C26H30N6O4. The number of rotatable bonds is 4. The van der Waals surface area contributed by atoms with Gasteiger partial charge in [-0.25, -0.2) is 4.98 Å². The topological polar surface area (TPSA) is 117 Å². The molecule has 10 nitrogen and oxygen atoms in total. The number of nitrogens with zero attached hydrogens (tertiary/aromatic N) is 4. The molecule has 2 saturated heterocycles. The minimum absolute atomic E-state index is 0.112. The number of hydrogen-bond donors (Lipinski definition) is 2. The molecule has 188 valence electrons. The van der Waals surface area contributed by atoms with Crippen molar-refractivity contribution in [2.45, 2.75) is 64.2 Å². The molecule has 1 unspecified atom stereocenters. The van der Waals surface area contributed by atoms with Crippen molar-refractivity contribution in [2.24, 2.45) is 0 Å². The molecule has 2 N–H and O–H groups in total. The molecule has 2 aromatic rings. The number of nitrogens with one attached hydrogen (secondary N) is 2. The second-order valence-electron chi connectivity index (χ2n) is 10.2. The molecule has 2 fully saturated rings. The normalized spacial score (nSPS) is 23.1. The van der Waals surface area contributed by atoms with Gasteiger partial charge in [-0.3, -0.25) is 34.3 Å². The van der Waals surface area contributed by atoms with E-state index >= 15 is 0 Å². The Morgan fingerprint density at radius 1 is 1.03 bits per heavy atom. The van der Waals surface area contributed by atoms with Crippen molar-refractivity contribution < 1.29 is 19.2 Å². The summed E-state index contributed by atoms with van der Waals surface area (Å²) < 4.78 is 2.34. The maximum absolute atomic E-state index is 13.4. The van der Waals surface area contributed by atoms with E-state index in [9.17, 15) is 19.2 Å². The molecule has 0 bridgehead atoms. The minimum Gasteiger partial charge on any atom is -0.330 e. The van der Waals surface area contributed by atoms with Crippen LogP contribution in [-0.4, -0.2) is 68.7 Å². The third-order valence-corrected chi connectivity index (χ3v) is 8.02. The second-order valence-corrected chi connectivity index (χ2v) is 10.2. The second kappa shape index (κ2) is 8.94. The van der Waals surface area contributed by atoms with E-state index in [0.29, 0.717) is 23.6 Å². The van der Waals surface area contributed by atoms with E-state index < -0.39 is 23.8 Å². The van der Waals surface area contributed by atoms with Crippen molar-refractivity contribution in [3.05, 3.63) is 52.1 Å². The van der Waals surface area contributed by atoms with Crippen LogP contribution in [0.3, 0.4) is 0 Å². The lowest BCUT2D eigenvalue weighted by molar-refractivity contribution is -0.136. The standard InChI is InChI=1S/C26H30N6O4/c1-15-28-23(20-13-27-9-12-31(15)20)16-7-10-30(11-8-16)14-17-3-2-4-18-22(17)26(36)32(25(18)35)19-5-6-21(33)29-24(19)34/h2-4,16,19,27H,5-14H2,1H3,(H,29,33,34). The third-order valence-electron chi connectivity index (χ3n) is 8.02. The fraction of sp³-hybridized carbons (Fsp3) is 0.500. The lowest BCUT2D eigenvalue weighted by Crippen LogP contribution is -2.54. The summed E-state index contributed by atoms with van der Waals surface area (Å²) in [6, 6.07) is 4.39. The van der Waals surface area contributed by atoms with Gasteiger partial charge in [0.2, 0.25) is 11.8 Å². The van der Waals surface area contributed by atoms with Crippen LogP contribution >= 0.6 is 0 Å². The van der Waals surface area contributed by atoms with Crippen LogP contribution in [0.15, 0.2) is 18.2 Å². The van der Waals surface area contributed by atoms with Crippen LogP contribution in [0.1, 0.15) is 75.1 Å². The molecule has 6 rings (SSSR count). The largest absolute Gasteiger partial charge is 0.330 e. The van der Waals surface area contributed by atoms with Gasteiger partial charge < -0.3 is 9.88 Å². The third kappa shape index (κ3) is 3.75. The van der Waals surface area contributed by atoms with Crippen LogP contribution in [0, 0.1) is 6.92 Å². The number of aryl methyl sites for hydroxylation is 1. The summed E-state index contributed by atoms with van der Waals surface area (Å²) in [4.78, 5) is 58.7. The number of hydrogen-bond acceptors (Lipinski definition) is 7. The zero-order valence-corrected chi connectivity index (χ0v) is 20.4. The lowest BCUT2D eigenvalue weighted by atomic mass is 9.91. The van der Waals surface area contributed by atoms with Gasteiger partial charge in [0.25, 0.3) is 11.8 Å². The molecule has 0 aliphatic carbocycles. The Labute approximate surface area is 209 Å². The molecule has 0 spiro atoms. The average Bonchev–Trinajstić information content (AvgIpc) is 3.34. The number of piperidine rings is 2. The average molecular weight is 491 g/mol. The minimum atomic E-state index is -0.947. The maximum Gasteiger partial charge on any atom is 0.262 e. The Balaban J connectivity index is 1.17. The van der Waals surface area contributed by atoms with Gasteiger partial charge in [-0.05, 0) is 50.9 Å². The molecule has 4 aliphatic rings. The number of imide groups is 2. The first-order chi connectivity index (χ1) is 17.4. The Hall–Kier alpha value is -3.37. The van der Waals surface area contributed by atoms with Crippen LogP contribution in [0.25, 0.3) is 0 Å². The first-order valence-corrected chi connectivity index (χ1v) is 12.7. The van der Waals surface area contributed by atoms with E-state index in [0.717, 1.165) is 61.9 Å². The molecular weight excluding hydrogens is 460 g/mol. The van der Waals surface area contributed by atoms with Crippen LogP contribution in [0.5, 0.6) is 0 Å². The highest BCUT2D eigenvalue weighted by molar-refractivity contribution is 6.24. The fourth-order valence-electron chi connectivity index (χ4n) is 6.16. The lowest BCUT2D eigenvalue weighted by Gasteiger charge is -2.32. The van der Waals surface area contributed by atoms with Crippen LogP contribution < -0.4 is 10.6 Å². The van der Waals surface area contributed by atoms with E-state index in [1.54, 1.807) is 12.1 Å². The number of carbonyl (C=O) groups excluding carboxylic acids is 4. The number of fused-ring (bicyclic) bond motifs is 2. The summed E-state index contributed by atoms with van der Waals surface area (Å²) in [5.41, 5.74) is 4.07.